The van der Waals surface area contributed by atoms with Crippen LogP contribution in [0.4, 0.5) is 0 Å². The molecule has 0 saturated carbocycles. The molecule has 86 valence electrons. The number of methoxy groups -OCH3 is 1. The summed E-state index contributed by atoms with van der Waals surface area (Å²) in [6.07, 6.45) is 0.105. The van der Waals surface area contributed by atoms with Crippen LogP contribution in [0, 0.1) is 6.92 Å². The van der Waals surface area contributed by atoms with Crippen molar-refractivity contribution in [2.24, 2.45) is 0 Å². The van der Waals surface area contributed by atoms with Crippen molar-refractivity contribution in [1.82, 2.24) is 0 Å². The monoisotopic (exact) mass is 222 g/mol. The van der Waals surface area contributed by atoms with Gasteiger partial charge in [-0.15, -0.1) is 0 Å². The maximum absolute atomic E-state index is 11.5. The fraction of sp³-hybridized carbons (Fsp3) is 0.417. The number of carbonyl (C=O) groups excluding carboxylic acids is 1. The Hall–Kier alpha value is -1.55. The van der Waals surface area contributed by atoms with Crippen molar-refractivity contribution in [2.75, 3.05) is 20.3 Å². The molecule has 0 aromatic heterocycles. The lowest BCUT2D eigenvalue weighted by Crippen LogP contribution is -2.38. The number of hydrogen-bond acceptors (Lipinski definition) is 4. The Bertz CT molecular complexity index is 396. The van der Waals surface area contributed by atoms with Crippen LogP contribution in [-0.4, -0.2) is 32.4 Å². The molecular formula is C12H14O4. The van der Waals surface area contributed by atoms with Gasteiger partial charge in [-0.25, -0.2) is 4.79 Å². The Morgan fingerprint density at radius 1 is 1.44 bits per heavy atom. The molecule has 2 rings (SSSR count). The number of carbonyl (C=O) groups is 1. The zero-order chi connectivity index (χ0) is 11.5. The van der Waals surface area contributed by atoms with E-state index in [-0.39, 0.29) is 12.1 Å². The molecule has 0 atom stereocenters. The van der Waals surface area contributed by atoms with E-state index in [4.69, 9.17) is 14.2 Å². The highest BCUT2D eigenvalue weighted by molar-refractivity contribution is 5.91. The highest BCUT2D eigenvalue weighted by Gasteiger charge is 2.20. The van der Waals surface area contributed by atoms with Gasteiger partial charge in [0.1, 0.15) is 11.9 Å². The molecule has 1 aromatic carbocycles. The standard InChI is InChI=1S/C12H14O4/c1-8-3-4-9(16-10-6-15-7-10)5-11(8)12(13)14-2/h3-5,10H,6-7H2,1-2H3. The summed E-state index contributed by atoms with van der Waals surface area (Å²) in [5.41, 5.74) is 1.42. The second kappa shape index (κ2) is 4.53. The zero-order valence-electron chi connectivity index (χ0n) is 9.36. The van der Waals surface area contributed by atoms with Crippen molar-refractivity contribution >= 4 is 5.97 Å². The summed E-state index contributed by atoms with van der Waals surface area (Å²) in [4.78, 5) is 11.5. The first-order valence-corrected chi connectivity index (χ1v) is 5.14. The van der Waals surface area contributed by atoms with Gasteiger partial charge in [0, 0.05) is 0 Å². The lowest BCUT2D eigenvalue weighted by molar-refractivity contribution is -0.0797. The fourth-order valence-corrected chi connectivity index (χ4v) is 1.48. The largest absolute Gasteiger partial charge is 0.486 e. The topological polar surface area (TPSA) is 44.8 Å². The summed E-state index contributed by atoms with van der Waals surface area (Å²) in [6.45, 7) is 3.09. The van der Waals surface area contributed by atoms with Gasteiger partial charge in [-0.2, -0.15) is 0 Å². The molecule has 4 nitrogen and oxygen atoms in total. The third kappa shape index (κ3) is 2.17. The molecule has 1 saturated heterocycles. The Labute approximate surface area is 94.1 Å². The molecule has 4 heteroatoms. The lowest BCUT2D eigenvalue weighted by Gasteiger charge is -2.26. The summed E-state index contributed by atoms with van der Waals surface area (Å²) in [5.74, 6) is 0.340. The first kappa shape index (κ1) is 11.0. The van der Waals surface area contributed by atoms with Crippen molar-refractivity contribution in [3.63, 3.8) is 0 Å². The normalized spacial score (nSPS) is 15.4. The van der Waals surface area contributed by atoms with E-state index >= 15 is 0 Å². The van der Waals surface area contributed by atoms with Crippen LogP contribution in [0.1, 0.15) is 15.9 Å². The van der Waals surface area contributed by atoms with Crippen LogP contribution in [0.15, 0.2) is 18.2 Å². The fourth-order valence-electron chi connectivity index (χ4n) is 1.48. The maximum Gasteiger partial charge on any atom is 0.338 e. The number of hydrogen-bond donors (Lipinski definition) is 0. The first-order chi connectivity index (χ1) is 7.70. The lowest BCUT2D eigenvalue weighted by atomic mass is 10.1. The molecule has 16 heavy (non-hydrogen) atoms. The second-order valence-corrected chi connectivity index (χ2v) is 3.75. The SMILES string of the molecule is COC(=O)c1cc(OC2COC2)ccc1C. The van der Waals surface area contributed by atoms with E-state index in [0.29, 0.717) is 24.5 Å². The van der Waals surface area contributed by atoms with Crippen molar-refractivity contribution in [1.29, 1.82) is 0 Å². The van der Waals surface area contributed by atoms with Crippen LogP contribution in [0.5, 0.6) is 5.75 Å². The van der Waals surface area contributed by atoms with E-state index in [2.05, 4.69) is 0 Å². The van der Waals surface area contributed by atoms with Gasteiger partial charge in [-0.3, -0.25) is 0 Å². The van der Waals surface area contributed by atoms with Crippen LogP contribution in [-0.2, 0) is 9.47 Å². The second-order valence-electron chi connectivity index (χ2n) is 3.75. The molecule has 1 aliphatic heterocycles. The number of esters is 1. The zero-order valence-corrected chi connectivity index (χ0v) is 9.36. The van der Waals surface area contributed by atoms with Gasteiger partial charge in [-0.05, 0) is 24.6 Å². The average molecular weight is 222 g/mol. The van der Waals surface area contributed by atoms with E-state index in [1.165, 1.54) is 7.11 Å². The molecule has 1 aromatic rings. The number of aryl methyl sites for hydroxylation is 1. The van der Waals surface area contributed by atoms with Gasteiger partial charge in [0.2, 0.25) is 0 Å². The third-order valence-corrected chi connectivity index (χ3v) is 2.52. The number of ether oxygens (including phenoxy) is 3. The van der Waals surface area contributed by atoms with Crippen molar-refractivity contribution in [2.45, 2.75) is 13.0 Å². The Kier molecular flexibility index (Phi) is 3.10. The Morgan fingerprint density at radius 2 is 2.19 bits per heavy atom. The maximum atomic E-state index is 11.5. The molecule has 0 bridgehead atoms. The van der Waals surface area contributed by atoms with Crippen LogP contribution >= 0.6 is 0 Å². The molecule has 1 heterocycles. The molecular weight excluding hydrogens is 208 g/mol. The molecule has 0 spiro atoms. The highest BCUT2D eigenvalue weighted by Crippen LogP contribution is 2.21. The quantitative estimate of drug-likeness (QED) is 0.728. The van der Waals surface area contributed by atoms with E-state index in [1.807, 2.05) is 19.1 Å². The molecule has 0 amide bonds. The highest BCUT2D eigenvalue weighted by atomic mass is 16.6. The predicted octanol–water partition coefficient (Wildman–Crippen LogP) is 1.56. The van der Waals surface area contributed by atoms with Crippen molar-refractivity contribution in [3.05, 3.63) is 29.3 Å². The minimum Gasteiger partial charge on any atom is -0.486 e. The van der Waals surface area contributed by atoms with Gasteiger partial charge >= 0.3 is 5.97 Å². The summed E-state index contributed by atoms with van der Waals surface area (Å²) < 4.78 is 15.3. The van der Waals surface area contributed by atoms with E-state index in [9.17, 15) is 4.79 Å². The van der Waals surface area contributed by atoms with Gasteiger partial charge in [-0.1, -0.05) is 6.07 Å². The first-order valence-electron chi connectivity index (χ1n) is 5.14. The summed E-state index contributed by atoms with van der Waals surface area (Å²) in [7, 11) is 1.37. The van der Waals surface area contributed by atoms with Crippen LogP contribution in [0.25, 0.3) is 0 Å². The van der Waals surface area contributed by atoms with Gasteiger partial charge in [0.25, 0.3) is 0 Å². The molecule has 1 aliphatic rings. The van der Waals surface area contributed by atoms with Crippen LogP contribution in [0.2, 0.25) is 0 Å². The number of rotatable bonds is 3. The molecule has 0 N–H and O–H groups in total. The van der Waals surface area contributed by atoms with E-state index in [1.54, 1.807) is 6.07 Å². The molecule has 0 aliphatic carbocycles. The smallest absolute Gasteiger partial charge is 0.338 e. The summed E-state index contributed by atoms with van der Waals surface area (Å²) >= 11 is 0. The average Bonchev–Trinajstić information content (AvgIpc) is 2.24. The number of benzene rings is 1. The molecule has 0 unspecified atom stereocenters. The summed E-state index contributed by atoms with van der Waals surface area (Å²) in [6, 6.07) is 5.40. The van der Waals surface area contributed by atoms with Crippen LogP contribution in [0.3, 0.4) is 0 Å². The van der Waals surface area contributed by atoms with Gasteiger partial charge < -0.3 is 14.2 Å². The Balaban J connectivity index is 2.17. The minimum atomic E-state index is -0.340. The minimum absolute atomic E-state index is 0.105. The van der Waals surface area contributed by atoms with Gasteiger partial charge in [0.15, 0.2) is 0 Å². The van der Waals surface area contributed by atoms with Crippen LogP contribution < -0.4 is 4.74 Å². The van der Waals surface area contributed by atoms with Crippen molar-refractivity contribution < 1.29 is 19.0 Å². The molecule has 1 fully saturated rings. The summed E-state index contributed by atoms with van der Waals surface area (Å²) in [5, 5.41) is 0. The van der Waals surface area contributed by atoms with E-state index in [0.717, 1.165) is 5.56 Å². The Morgan fingerprint density at radius 3 is 2.75 bits per heavy atom. The third-order valence-electron chi connectivity index (χ3n) is 2.52. The van der Waals surface area contributed by atoms with E-state index < -0.39 is 0 Å². The predicted molar refractivity (Wildman–Crippen MR) is 57.8 cm³/mol. The molecule has 0 radical (unpaired) electrons. The van der Waals surface area contributed by atoms with Gasteiger partial charge in [0.05, 0.1) is 25.9 Å². The van der Waals surface area contributed by atoms with Crippen molar-refractivity contribution in [3.8, 4) is 5.75 Å².